The number of hydrogen-bond donors (Lipinski definition) is 0. The van der Waals surface area contributed by atoms with E-state index in [4.69, 9.17) is 0 Å². The maximum atomic E-state index is 13.1. The first-order valence-corrected chi connectivity index (χ1v) is 7.64. The van der Waals surface area contributed by atoms with Crippen molar-refractivity contribution < 1.29 is 9.18 Å². The van der Waals surface area contributed by atoms with Gasteiger partial charge >= 0.3 is 0 Å². The van der Waals surface area contributed by atoms with Crippen molar-refractivity contribution in [1.82, 2.24) is 0 Å². The van der Waals surface area contributed by atoms with Gasteiger partial charge in [-0.3, -0.25) is 4.79 Å². The third-order valence-corrected chi connectivity index (χ3v) is 4.29. The molecule has 0 bridgehead atoms. The molecule has 1 saturated heterocycles. The Hall–Kier alpha value is -1.38. The SMILES string of the molecule is CCCCC[C@H]1C[C@@H](C(C)=O)CN1c1ccc(F)cc1. The predicted molar refractivity (Wildman–Crippen MR) is 80.5 cm³/mol. The molecule has 1 aromatic rings. The number of halogens is 1. The number of Topliss-reactive ketones (excluding diaryl/α,β-unsaturated/α-hetero) is 1. The molecule has 1 aliphatic heterocycles. The molecule has 2 rings (SSSR count). The fourth-order valence-corrected chi connectivity index (χ4v) is 3.06. The topological polar surface area (TPSA) is 20.3 Å². The van der Waals surface area contributed by atoms with Crippen LogP contribution >= 0.6 is 0 Å². The monoisotopic (exact) mass is 277 g/mol. The van der Waals surface area contributed by atoms with Gasteiger partial charge in [-0.1, -0.05) is 26.2 Å². The molecule has 3 heteroatoms. The molecule has 0 unspecified atom stereocenters. The smallest absolute Gasteiger partial charge is 0.134 e. The van der Waals surface area contributed by atoms with E-state index in [9.17, 15) is 9.18 Å². The second-order valence-corrected chi connectivity index (χ2v) is 5.82. The van der Waals surface area contributed by atoms with E-state index in [0.717, 1.165) is 25.1 Å². The second kappa shape index (κ2) is 6.87. The molecular formula is C17H24FNO. The fraction of sp³-hybridized carbons (Fsp3) is 0.588. The molecule has 110 valence electrons. The Morgan fingerprint density at radius 3 is 2.60 bits per heavy atom. The van der Waals surface area contributed by atoms with Crippen molar-refractivity contribution in [3.8, 4) is 0 Å². The van der Waals surface area contributed by atoms with Gasteiger partial charge in [0.15, 0.2) is 0 Å². The van der Waals surface area contributed by atoms with Crippen LogP contribution in [0.4, 0.5) is 10.1 Å². The number of nitrogens with zero attached hydrogens (tertiary/aromatic N) is 1. The summed E-state index contributed by atoms with van der Waals surface area (Å²) in [5.74, 6) is 0.195. The largest absolute Gasteiger partial charge is 0.368 e. The van der Waals surface area contributed by atoms with E-state index in [1.54, 1.807) is 6.92 Å². The van der Waals surface area contributed by atoms with Crippen molar-refractivity contribution in [2.24, 2.45) is 5.92 Å². The minimum atomic E-state index is -0.210. The Bertz CT molecular complexity index is 443. The number of benzene rings is 1. The lowest BCUT2D eigenvalue weighted by molar-refractivity contribution is -0.120. The fourth-order valence-electron chi connectivity index (χ4n) is 3.06. The molecule has 0 N–H and O–H groups in total. The number of hydrogen-bond acceptors (Lipinski definition) is 2. The van der Waals surface area contributed by atoms with Crippen LogP contribution in [0.3, 0.4) is 0 Å². The Labute approximate surface area is 121 Å². The predicted octanol–water partition coefficient (Wildman–Crippen LogP) is 4.19. The molecule has 1 heterocycles. The van der Waals surface area contributed by atoms with Crippen molar-refractivity contribution in [2.45, 2.75) is 52.0 Å². The molecule has 0 aliphatic carbocycles. The highest BCUT2D eigenvalue weighted by Crippen LogP contribution is 2.32. The Balaban J connectivity index is 2.09. The summed E-state index contributed by atoms with van der Waals surface area (Å²) in [6.45, 7) is 4.66. The average Bonchev–Trinajstić information content (AvgIpc) is 2.84. The molecule has 0 saturated carbocycles. The lowest BCUT2D eigenvalue weighted by Crippen LogP contribution is -2.29. The number of rotatable bonds is 6. The molecule has 2 atom stereocenters. The third-order valence-electron chi connectivity index (χ3n) is 4.29. The molecule has 2 nitrogen and oxygen atoms in total. The summed E-state index contributed by atoms with van der Waals surface area (Å²) in [6.07, 6.45) is 5.70. The third kappa shape index (κ3) is 3.59. The molecule has 0 aromatic heterocycles. The minimum Gasteiger partial charge on any atom is -0.368 e. The van der Waals surface area contributed by atoms with Crippen molar-refractivity contribution >= 4 is 11.5 Å². The zero-order chi connectivity index (χ0) is 14.5. The summed E-state index contributed by atoms with van der Waals surface area (Å²) in [5, 5.41) is 0. The van der Waals surface area contributed by atoms with E-state index in [0.29, 0.717) is 6.04 Å². The summed E-state index contributed by atoms with van der Waals surface area (Å²) >= 11 is 0. The van der Waals surface area contributed by atoms with Crippen molar-refractivity contribution in [2.75, 3.05) is 11.4 Å². The Morgan fingerprint density at radius 2 is 2.00 bits per heavy atom. The highest BCUT2D eigenvalue weighted by molar-refractivity contribution is 5.80. The zero-order valence-corrected chi connectivity index (χ0v) is 12.4. The molecular weight excluding hydrogens is 253 g/mol. The van der Waals surface area contributed by atoms with E-state index < -0.39 is 0 Å². The van der Waals surface area contributed by atoms with Gasteiger partial charge in [0.2, 0.25) is 0 Å². The number of carbonyl (C=O) groups excluding carboxylic acids is 1. The maximum absolute atomic E-state index is 13.1. The zero-order valence-electron chi connectivity index (χ0n) is 12.4. The maximum Gasteiger partial charge on any atom is 0.134 e. The van der Waals surface area contributed by atoms with Crippen LogP contribution < -0.4 is 4.90 Å². The first kappa shape index (κ1) is 15.0. The average molecular weight is 277 g/mol. The second-order valence-electron chi connectivity index (χ2n) is 5.82. The summed E-state index contributed by atoms with van der Waals surface area (Å²) in [4.78, 5) is 14.0. The highest BCUT2D eigenvalue weighted by Gasteiger charge is 2.33. The Kier molecular flexibility index (Phi) is 5.16. The Morgan fingerprint density at radius 1 is 1.30 bits per heavy atom. The van der Waals surface area contributed by atoms with Gasteiger partial charge in [-0.15, -0.1) is 0 Å². The number of unbranched alkanes of at least 4 members (excludes halogenated alkanes) is 2. The molecule has 1 aliphatic rings. The van der Waals surface area contributed by atoms with E-state index >= 15 is 0 Å². The van der Waals surface area contributed by atoms with Crippen molar-refractivity contribution in [1.29, 1.82) is 0 Å². The van der Waals surface area contributed by atoms with Gasteiger partial charge in [-0.2, -0.15) is 0 Å². The first-order valence-electron chi connectivity index (χ1n) is 7.64. The number of anilines is 1. The van der Waals surface area contributed by atoms with Gasteiger partial charge in [0.05, 0.1) is 0 Å². The van der Waals surface area contributed by atoms with Crippen LogP contribution in [0.15, 0.2) is 24.3 Å². The lowest BCUT2D eigenvalue weighted by Gasteiger charge is -2.26. The molecule has 0 amide bonds. The normalized spacial score (nSPS) is 22.2. The summed E-state index contributed by atoms with van der Waals surface area (Å²) < 4.78 is 13.1. The molecule has 1 aromatic carbocycles. The van der Waals surface area contributed by atoms with Crippen LogP contribution in [0.1, 0.15) is 46.0 Å². The van der Waals surface area contributed by atoms with Gasteiger partial charge in [0.25, 0.3) is 0 Å². The van der Waals surface area contributed by atoms with Crippen LogP contribution in [-0.2, 0) is 4.79 Å². The van der Waals surface area contributed by atoms with Gasteiger partial charge in [0.1, 0.15) is 11.6 Å². The number of carbonyl (C=O) groups is 1. The van der Waals surface area contributed by atoms with E-state index in [1.807, 2.05) is 12.1 Å². The van der Waals surface area contributed by atoms with E-state index in [1.165, 1.54) is 31.4 Å². The van der Waals surface area contributed by atoms with Gasteiger partial charge in [0, 0.05) is 24.2 Å². The van der Waals surface area contributed by atoms with E-state index in [2.05, 4.69) is 11.8 Å². The minimum absolute atomic E-state index is 0.131. The summed E-state index contributed by atoms with van der Waals surface area (Å²) in [6, 6.07) is 7.06. The van der Waals surface area contributed by atoms with Gasteiger partial charge in [-0.05, 0) is 44.0 Å². The quantitative estimate of drug-likeness (QED) is 0.727. The van der Waals surface area contributed by atoms with Crippen LogP contribution in [0.5, 0.6) is 0 Å². The van der Waals surface area contributed by atoms with Crippen LogP contribution in [0, 0.1) is 11.7 Å². The van der Waals surface area contributed by atoms with Crippen LogP contribution in [-0.4, -0.2) is 18.4 Å². The number of ketones is 1. The highest BCUT2D eigenvalue weighted by atomic mass is 19.1. The van der Waals surface area contributed by atoms with Gasteiger partial charge in [-0.25, -0.2) is 4.39 Å². The lowest BCUT2D eigenvalue weighted by atomic mass is 9.98. The van der Waals surface area contributed by atoms with Gasteiger partial charge < -0.3 is 4.90 Å². The van der Waals surface area contributed by atoms with E-state index in [-0.39, 0.29) is 17.5 Å². The standard InChI is InChI=1S/C17H24FNO/c1-3-4-5-6-17-11-14(13(2)20)12-19(17)16-9-7-15(18)8-10-16/h7-10,14,17H,3-6,11-12H2,1-2H3/t14-,17+/m1/s1. The van der Waals surface area contributed by atoms with Crippen molar-refractivity contribution in [3.63, 3.8) is 0 Å². The molecule has 0 radical (unpaired) electrons. The van der Waals surface area contributed by atoms with Crippen LogP contribution in [0.25, 0.3) is 0 Å². The first-order chi connectivity index (χ1) is 9.61. The van der Waals surface area contributed by atoms with Crippen LogP contribution in [0.2, 0.25) is 0 Å². The van der Waals surface area contributed by atoms with Crippen molar-refractivity contribution in [3.05, 3.63) is 30.1 Å². The molecule has 0 spiro atoms. The summed E-state index contributed by atoms with van der Waals surface area (Å²) in [5.41, 5.74) is 1.04. The summed E-state index contributed by atoms with van der Waals surface area (Å²) in [7, 11) is 0. The molecule has 20 heavy (non-hydrogen) atoms. The molecule has 1 fully saturated rings.